The zero-order chi connectivity index (χ0) is 17.2. The molecule has 6 nitrogen and oxygen atoms in total. The normalized spacial score (nSPS) is 13.0. The Morgan fingerprint density at radius 2 is 1.96 bits per heavy atom. The van der Waals surface area contributed by atoms with Crippen molar-refractivity contribution in [3.8, 4) is 11.4 Å². The molecule has 1 aromatic heterocycles. The van der Waals surface area contributed by atoms with Gasteiger partial charge < -0.3 is 15.2 Å². The van der Waals surface area contributed by atoms with Gasteiger partial charge >= 0.3 is 0 Å². The number of H-pyrrole nitrogens is 1. The number of hydrogen-bond donors (Lipinski definition) is 2. The minimum absolute atomic E-state index is 0.0352. The van der Waals surface area contributed by atoms with Gasteiger partial charge in [0, 0.05) is 35.8 Å². The van der Waals surface area contributed by atoms with Crippen molar-refractivity contribution in [2.75, 3.05) is 11.9 Å². The number of hydrogen-bond acceptors (Lipinski definition) is 3. The van der Waals surface area contributed by atoms with Crippen molar-refractivity contribution in [3.05, 3.63) is 72.1 Å². The van der Waals surface area contributed by atoms with E-state index in [1.807, 2.05) is 42.5 Å². The van der Waals surface area contributed by atoms with Crippen LogP contribution in [-0.4, -0.2) is 33.2 Å². The van der Waals surface area contributed by atoms with Crippen molar-refractivity contribution in [3.63, 3.8) is 0 Å². The Bertz CT molecular complexity index is 917. The molecule has 0 spiro atoms. The van der Waals surface area contributed by atoms with Gasteiger partial charge in [0.15, 0.2) is 0 Å². The van der Waals surface area contributed by atoms with Gasteiger partial charge in [0.05, 0.1) is 0 Å². The smallest absolute Gasteiger partial charge is 0.254 e. The van der Waals surface area contributed by atoms with Crippen LogP contribution in [0.4, 0.5) is 5.69 Å². The third kappa shape index (κ3) is 3.01. The fraction of sp³-hybridized carbons (Fsp3) is 0.105. The molecule has 0 aliphatic carbocycles. The van der Waals surface area contributed by atoms with Crippen LogP contribution in [0.2, 0.25) is 0 Å². The van der Waals surface area contributed by atoms with Gasteiger partial charge in [-0.3, -0.25) is 9.59 Å². The first-order chi connectivity index (χ1) is 12.2. The lowest BCUT2D eigenvalue weighted by atomic mass is 10.1. The highest BCUT2D eigenvalue weighted by molar-refractivity contribution is 6.02. The molecule has 0 atom stereocenters. The van der Waals surface area contributed by atoms with Crippen LogP contribution in [0.1, 0.15) is 15.9 Å². The Morgan fingerprint density at radius 1 is 1.16 bits per heavy atom. The van der Waals surface area contributed by atoms with Gasteiger partial charge in [-0.05, 0) is 35.9 Å². The predicted molar refractivity (Wildman–Crippen MR) is 93.8 cm³/mol. The van der Waals surface area contributed by atoms with Crippen molar-refractivity contribution in [2.45, 2.75) is 6.54 Å². The van der Waals surface area contributed by atoms with Crippen molar-refractivity contribution in [1.82, 2.24) is 14.9 Å². The van der Waals surface area contributed by atoms with E-state index in [4.69, 9.17) is 0 Å². The van der Waals surface area contributed by atoms with Gasteiger partial charge in [0.1, 0.15) is 12.4 Å². The molecule has 0 saturated carbocycles. The maximum Gasteiger partial charge on any atom is 0.254 e. The number of rotatable bonds is 4. The van der Waals surface area contributed by atoms with Crippen molar-refractivity contribution in [1.29, 1.82) is 0 Å². The SMILES string of the molecule is O=C(CN1Cc2ccccc2C1=O)Nc1ccc(-c2ncc[nH]2)cc1. The second-order valence-electron chi connectivity index (χ2n) is 5.88. The summed E-state index contributed by atoms with van der Waals surface area (Å²) in [5.41, 5.74) is 3.26. The number of aromatic amines is 1. The molecule has 124 valence electrons. The van der Waals surface area contributed by atoms with Crippen LogP contribution in [0.5, 0.6) is 0 Å². The number of amides is 2. The van der Waals surface area contributed by atoms with E-state index >= 15 is 0 Å². The minimum Gasteiger partial charge on any atom is -0.345 e. The maximum absolute atomic E-state index is 12.3. The molecule has 6 heteroatoms. The van der Waals surface area contributed by atoms with E-state index in [2.05, 4.69) is 15.3 Å². The molecule has 4 rings (SSSR count). The summed E-state index contributed by atoms with van der Waals surface area (Å²) in [7, 11) is 0. The molecule has 1 aliphatic heterocycles. The molecule has 0 radical (unpaired) electrons. The predicted octanol–water partition coefficient (Wildman–Crippen LogP) is 2.67. The summed E-state index contributed by atoms with van der Waals surface area (Å²) in [6, 6.07) is 14.8. The molecule has 0 fully saturated rings. The van der Waals surface area contributed by atoms with Crippen LogP contribution < -0.4 is 5.32 Å². The number of nitrogens with zero attached hydrogens (tertiary/aromatic N) is 2. The molecule has 0 bridgehead atoms. The minimum atomic E-state index is -0.216. The van der Waals surface area contributed by atoms with Gasteiger partial charge in [-0.25, -0.2) is 4.98 Å². The average Bonchev–Trinajstić information content (AvgIpc) is 3.25. The van der Waals surface area contributed by atoms with E-state index in [0.717, 1.165) is 17.0 Å². The average molecular weight is 332 g/mol. The second-order valence-corrected chi connectivity index (χ2v) is 5.88. The lowest BCUT2D eigenvalue weighted by Crippen LogP contribution is -2.33. The van der Waals surface area contributed by atoms with Crippen LogP contribution in [0.15, 0.2) is 60.9 Å². The number of carbonyl (C=O) groups excluding carboxylic acids is 2. The summed E-state index contributed by atoms with van der Waals surface area (Å²) in [5, 5.41) is 2.83. The monoisotopic (exact) mass is 332 g/mol. The van der Waals surface area contributed by atoms with Crippen molar-refractivity contribution < 1.29 is 9.59 Å². The summed E-state index contributed by atoms with van der Waals surface area (Å²) in [6.07, 6.45) is 3.45. The second kappa shape index (κ2) is 6.24. The summed E-state index contributed by atoms with van der Waals surface area (Å²) in [5.74, 6) is 0.462. The highest BCUT2D eigenvalue weighted by atomic mass is 16.2. The lowest BCUT2D eigenvalue weighted by molar-refractivity contribution is -0.116. The number of fused-ring (bicyclic) bond motifs is 1. The van der Waals surface area contributed by atoms with Crippen LogP contribution in [0.25, 0.3) is 11.4 Å². The molecular weight excluding hydrogens is 316 g/mol. The van der Waals surface area contributed by atoms with Gasteiger partial charge in [-0.15, -0.1) is 0 Å². The quantitative estimate of drug-likeness (QED) is 0.771. The van der Waals surface area contributed by atoms with E-state index in [1.165, 1.54) is 0 Å². The third-order valence-corrected chi connectivity index (χ3v) is 4.17. The zero-order valence-corrected chi connectivity index (χ0v) is 13.4. The molecule has 1 aliphatic rings. The Kier molecular flexibility index (Phi) is 3.78. The van der Waals surface area contributed by atoms with E-state index in [-0.39, 0.29) is 18.4 Å². The zero-order valence-electron chi connectivity index (χ0n) is 13.4. The van der Waals surface area contributed by atoms with Gasteiger partial charge in [-0.2, -0.15) is 0 Å². The summed E-state index contributed by atoms with van der Waals surface area (Å²) in [4.78, 5) is 33.3. The summed E-state index contributed by atoms with van der Waals surface area (Å²) in [6.45, 7) is 0.507. The molecule has 0 unspecified atom stereocenters. The topological polar surface area (TPSA) is 78.1 Å². The highest BCUT2D eigenvalue weighted by Crippen LogP contribution is 2.22. The number of benzene rings is 2. The van der Waals surface area contributed by atoms with E-state index in [0.29, 0.717) is 17.8 Å². The first-order valence-corrected chi connectivity index (χ1v) is 7.97. The summed E-state index contributed by atoms with van der Waals surface area (Å²) < 4.78 is 0. The van der Waals surface area contributed by atoms with Crippen LogP contribution >= 0.6 is 0 Å². The molecule has 2 amide bonds. The Labute approximate surface area is 144 Å². The molecule has 2 aromatic carbocycles. The van der Waals surface area contributed by atoms with E-state index < -0.39 is 0 Å². The van der Waals surface area contributed by atoms with Crippen molar-refractivity contribution >= 4 is 17.5 Å². The first kappa shape index (κ1) is 15.1. The number of imidazole rings is 1. The summed E-state index contributed by atoms with van der Waals surface area (Å²) >= 11 is 0. The van der Waals surface area contributed by atoms with Crippen LogP contribution in [-0.2, 0) is 11.3 Å². The molecule has 0 saturated heterocycles. The maximum atomic E-state index is 12.3. The Balaban J connectivity index is 1.39. The Hall–Kier alpha value is -3.41. The largest absolute Gasteiger partial charge is 0.345 e. The fourth-order valence-electron chi connectivity index (χ4n) is 2.95. The molecule has 3 aromatic rings. The van der Waals surface area contributed by atoms with Gasteiger partial charge in [0.25, 0.3) is 5.91 Å². The highest BCUT2D eigenvalue weighted by Gasteiger charge is 2.28. The molecule has 2 N–H and O–H groups in total. The first-order valence-electron chi connectivity index (χ1n) is 7.97. The molecule has 25 heavy (non-hydrogen) atoms. The number of anilines is 1. The molecule has 2 heterocycles. The lowest BCUT2D eigenvalue weighted by Gasteiger charge is -2.15. The third-order valence-electron chi connectivity index (χ3n) is 4.17. The van der Waals surface area contributed by atoms with Crippen molar-refractivity contribution in [2.24, 2.45) is 0 Å². The number of carbonyl (C=O) groups is 2. The van der Waals surface area contributed by atoms with Crippen LogP contribution in [0.3, 0.4) is 0 Å². The van der Waals surface area contributed by atoms with E-state index in [9.17, 15) is 9.59 Å². The van der Waals surface area contributed by atoms with Gasteiger partial charge in [0.2, 0.25) is 5.91 Å². The Morgan fingerprint density at radius 3 is 2.68 bits per heavy atom. The standard InChI is InChI=1S/C19H16N4O2/c24-17(12-23-11-14-3-1-2-4-16(14)19(23)25)22-15-7-5-13(6-8-15)18-20-9-10-21-18/h1-10H,11-12H2,(H,20,21)(H,22,24). The van der Waals surface area contributed by atoms with Crippen LogP contribution in [0, 0.1) is 0 Å². The fourth-order valence-corrected chi connectivity index (χ4v) is 2.95. The number of nitrogens with one attached hydrogen (secondary N) is 2. The number of aromatic nitrogens is 2. The van der Waals surface area contributed by atoms with Gasteiger partial charge in [-0.1, -0.05) is 18.2 Å². The molecular formula is C19H16N4O2. The van der Waals surface area contributed by atoms with E-state index in [1.54, 1.807) is 23.4 Å².